The fourth-order valence-corrected chi connectivity index (χ4v) is 1.66. The van der Waals surface area contributed by atoms with Gasteiger partial charge in [-0.05, 0) is 24.7 Å². The van der Waals surface area contributed by atoms with Crippen molar-refractivity contribution in [2.75, 3.05) is 7.11 Å². The molecule has 0 aromatic carbocycles. The van der Waals surface area contributed by atoms with Crippen molar-refractivity contribution in [2.24, 2.45) is 11.8 Å². The van der Waals surface area contributed by atoms with Gasteiger partial charge in [0.2, 0.25) is 0 Å². The topological polar surface area (TPSA) is 9.23 Å². The summed E-state index contributed by atoms with van der Waals surface area (Å²) in [6.07, 6.45) is 4.44. The third-order valence-electron chi connectivity index (χ3n) is 2.53. The van der Waals surface area contributed by atoms with Gasteiger partial charge in [0, 0.05) is 7.11 Å². The number of hydrogen-bond donors (Lipinski definition) is 0. The lowest BCUT2D eigenvalue weighted by molar-refractivity contribution is 0.0728. The average Bonchev–Trinajstić information content (AvgIpc) is 2.62. The highest BCUT2D eigenvalue weighted by Gasteiger charge is 2.38. The van der Waals surface area contributed by atoms with Crippen molar-refractivity contribution in [1.29, 1.82) is 0 Å². The zero-order valence-corrected chi connectivity index (χ0v) is 7.26. The van der Waals surface area contributed by atoms with Crippen LogP contribution < -0.4 is 0 Å². The van der Waals surface area contributed by atoms with Crippen molar-refractivity contribution in [3.8, 4) is 0 Å². The monoisotopic (exact) mass is 142 g/mol. The highest BCUT2D eigenvalue weighted by molar-refractivity contribution is 4.88. The van der Waals surface area contributed by atoms with E-state index < -0.39 is 0 Å². The van der Waals surface area contributed by atoms with Gasteiger partial charge in [0.15, 0.2) is 0 Å². The summed E-state index contributed by atoms with van der Waals surface area (Å²) in [5, 5.41) is 0. The van der Waals surface area contributed by atoms with Crippen LogP contribution in [-0.2, 0) is 4.74 Å². The van der Waals surface area contributed by atoms with Crippen LogP contribution in [0, 0.1) is 11.8 Å². The first kappa shape index (κ1) is 8.06. The highest BCUT2D eigenvalue weighted by Crippen LogP contribution is 2.42. The molecule has 0 aromatic rings. The number of methoxy groups -OCH3 is 1. The molecule has 0 bridgehead atoms. The summed E-state index contributed by atoms with van der Waals surface area (Å²) < 4.78 is 5.39. The van der Waals surface area contributed by atoms with Crippen LogP contribution in [-0.4, -0.2) is 13.2 Å². The molecule has 0 radical (unpaired) electrons. The Bertz CT molecular complexity index is 101. The van der Waals surface area contributed by atoms with E-state index in [2.05, 4.69) is 13.8 Å². The Labute approximate surface area is 63.8 Å². The lowest BCUT2D eigenvalue weighted by atomic mass is 10.1. The van der Waals surface area contributed by atoms with E-state index in [9.17, 15) is 0 Å². The maximum Gasteiger partial charge on any atom is 0.0602 e. The maximum atomic E-state index is 5.39. The fourth-order valence-electron chi connectivity index (χ4n) is 1.66. The largest absolute Gasteiger partial charge is 0.381 e. The summed E-state index contributed by atoms with van der Waals surface area (Å²) in [7, 11) is 1.84. The van der Waals surface area contributed by atoms with Gasteiger partial charge < -0.3 is 4.74 Å². The normalized spacial score (nSPS) is 33.9. The number of hydrogen-bond acceptors (Lipinski definition) is 1. The molecule has 1 fully saturated rings. The van der Waals surface area contributed by atoms with E-state index in [-0.39, 0.29) is 0 Å². The Morgan fingerprint density at radius 3 is 2.50 bits per heavy atom. The quantitative estimate of drug-likeness (QED) is 0.586. The SMILES string of the molecule is CCCC(OC)C1CC1C. The van der Waals surface area contributed by atoms with Gasteiger partial charge in [0.1, 0.15) is 0 Å². The lowest BCUT2D eigenvalue weighted by Gasteiger charge is -2.12. The van der Waals surface area contributed by atoms with Crippen molar-refractivity contribution in [2.45, 2.75) is 39.2 Å². The average molecular weight is 142 g/mol. The van der Waals surface area contributed by atoms with Gasteiger partial charge in [-0.1, -0.05) is 20.3 Å². The lowest BCUT2D eigenvalue weighted by Crippen LogP contribution is -2.13. The Morgan fingerprint density at radius 1 is 1.60 bits per heavy atom. The predicted octanol–water partition coefficient (Wildman–Crippen LogP) is 2.46. The van der Waals surface area contributed by atoms with Gasteiger partial charge in [0.25, 0.3) is 0 Å². The molecule has 10 heavy (non-hydrogen) atoms. The first-order valence-electron chi connectivity index (χ1n) is 4.32. The van der Waals surface area contributed by atoms with Gasteiger partial charge in [-0.2, -0.15) is 0 Å². The molecule has 0 amide bonds. The Balaban J connectivity index is 2.20. The van der Waals surface area contributed by atoms with Gasteiger partial charge in [0.05, 0.1) is 6.10 Å². The van der Waals surface area contributed by atoms with Crippen molar-refractivity contribution in [3.05, 3.63) is 0 Å². The molecule has 1 rings (SSSR count). The zero-order valence-electron chi connectivity index (χ0n) is 7.26. The number of rotatable bonds is 4. The fraction of sp³-hybridized carbons (Fsp3) is 1.00. The van der Waals surface area contributed by atoms with Crippen LogP contribution in [0.1, 0.15) is 33.1 Å². The molecule has 0 N–H and O–H groups in total. The first-order chi connectivity index (χ1) is 4.79. The Kier molecular flexibility index (Phi) is 2.72. The summed E-state index contributed by atoms with van der Waals surface area (Å²) in [6, 6.07) is 0. The van der Waals surface area contributed by atoms with Crippen LogP contribution in [0.15, 0.2) is 0 Å². The molecule has 0 saturated heterocycles. The summed E-state index contributed by atoms with van der Waals surface area (Å²) in [6.45, 7) is 4.53. The van der Waals surface area contributed by atoms with Gasteiger partial charge in [-0.25, -0.2) is 0 Å². The highest BCUT2D eigenvalue weighted by atomic mass is 16.5. The predicted molar refractivity (Wildman–Crippen MR) is 43.0 cm³/mol. The van der Waals surface area contributed by atoms with Crippen molar-refractivity contribution in [3.63, 3.8) is 0 Å². The summed E-state index contributed by atoms with van der Waals surface area (Å²) >= 11 is 0. The smallest absolute Gasteiger partial charge is 0.0602 e. The van der Waals surface area contributed by atoms with Crippen molar-refractivity contribution < 1.29 is 4.74 Å². The summed E-state index contributed by atoms with van der Waals surface area (Å²) in [4.78, 5) is 0. The first-order valence-corrected chi connectivity index (χ1v) is 4.32. The second-order valence-electron chi connectivity index (χ2n) is 3.44. The molecule has 1 saturated carbocycles. The molecule has 0 heterocycles. The number of ether oxygens (including phenoxy) is 1. The van der Waals surface area contributed by atoms with E-state index in [0.717, 1.165) is 11.8 Å². The molecule has 60 valence electrons. The van der Waals surface area contributed by atoms with E-state index in [1.807, 2.05) is 7.11 Å². The molecule has 1 aliphatic carbocycles. The van der Waals surface area contributed by atoms with E-state index >= 15 is 0 Å². The molecular weight excluding hydrogens is 124 g/mol. The zero-order chi connectivity index (χ0) is 7.56. The van der Waals surface area contributed by atoms with Crippen LogP contribution in [0.3, 0.4) is 0 Å². The molecule has 3 unspecified atom stereocenters. The van der Waals surface area contributed by atoms with Gasteiger partial charge in [-0.3, -0.25) is 0 Å². The summed E-state index contributed by atoms with van der Waals surface area (Å²) in [5.41, 5.74) is 0. The third-order valence-corrected chi connectivity index (χ3v) is 2.53. The molecule has 3 atom stereocenters. The molecule has 0 aromatic heterocycles. The van der Waals surface area contributed by atoms with E-state index in [1.54, 1.807) is 0 Å². The Hall–Kier alpha value is -0.0400. The molecule has 0 aliphatic heterocycles. The van der Waals surface area contributed by atoms with Crippen molar-refractivity contribution >= 4 is 0 Å². The maximum absolute atomic E-state index is 5.39. The van der Waals surface area contributed by atoms with E-state index in [4.69, 9.17) is 4.74 Å². The molecule has 0 spiro atoms. The summed E-state index contributed by atoms with van der Waals surface area (Å²) in [5.74, 6) is 1.81. The minimum absolute atomic E-state index is 0.556. The second-order valence-corrected chi connectivity index (χ2v) is 3.44. The molecule has 1 nitrogen and oxygen atoms in total. The third kappa shape index (κ3) is 1.72. The Morgan fingerprint density at radius 2 is 2.20 bits per heavy atom. The van der Waals surface area contributed by atoms with Crippen molar-refractivity contribution in [1.82, 2.24) is 0 Å². The van der Waals surface area contributed by atoms with Crippen LogP contribution >= 0.6 is 0 Å². The van der Waals surface area contributed by atoms with Crippen LogP contribution in [0.25, 0.3) is 0 Å². The van der Waals surface area contributed by atoms with Gasteiger partial charge in [-0.15, -0.1) is 0 Å². The second kappa shape index (κ2) is 3.38. The minimum Gasteiger partial charge on any atom is -0.381 e. The molecular formula is C9H18O. The van der Waals surface area contributed by atoms with E-state index in [0.29, 0.717) is 6.10 Å². The standard InChI is InChI=1S/C9H18O/c1-4-5-9(10-3)8-6-7(8)2/h7-9H,4-6H2,1-3H3. The van der Waals surface area contributed by atoms with Gasteiger partial charge >= 0.3 is 0 Å². The van der Waals surface area contributed by atoms with Crippen LogP contribution in [0.2, 0.25) is 0 Å². The minimum atomic E-state index is 0.556. The van der Waals surface area contributed by atoms with E-state index in [1.165, 1.54) is 19.3 Å². The van der Waals surface area contributed by atoms with Crippen LogP contribution in [0.4, 0.5) is 0 Å². The molecule has 1 heteroatoms. The molecule has 1 aliphatic rings. The van der Waals surface area contributed by atoms with Crippen LogP contribution in [0.5, 0.6) is 0 Å².